The van der Waals surface area contributed by atoms with Crippen molar-refractivity contribution in [2.75, 3.05) is 17.1 Å². The molecule has 156 valence electrons. The zero-order chi connectivity index (χ0) is 21.6. The van der Waals surface area contributed by atoms with E-state index in [-0.39, 0.29) is 17.3 Å². The number of carbonyl (C=O) groups excluding carboxylic acids is 1. The fraction of sp³-hybridized carbons (Fsp3) is 0.182. The van der Waals surface area contributed by atoms with Crippen LogP contribution in [0, 0.1) is 0 Å². The molecule has 0 saturated carbocycles. The van der Waals surface area contributed by atoms with Gasteiger partial charge in [0.05, 0.1) is 10.6 Å². The number of nitrogens with zero attached hydrogens (tertiary/aromatic N) is 2. The molecule has 0 bridgehead atoms. The van der Waals surface area contributed by atoms with Crippen molar-refractivity contribution in [1.29, 1.82) is 0 Å². The Hall–Kier alpha value is -2.84. The van der Waals surface area contributed by atoms with Crippen molar-refractivity contribution in [2.24, 2.45) is 0 Å². The van der Waals surface area contributed by atoms with Gasteiger partial charge < -0.3 is 5.32 Å². The van der Waals surface area contributed by atoms with E-state index in [9.17, 15) is 13.2 Å². The van der Waals surface area contributed by atoms with E-state index in [0.29, 0.717) is 17.8 Å². The summed E-state index contributed by atoms with van der Waals surface area (Å²) < 4.78 is 27.5. The first-order valence-electron chi connectivity index (χ1n) is 9.39. The SMILES string of the molecule is CCN(c1ccc(C(=O)NCc2cccnc2)cc1)S(=O)(=O)c1ccc(SC)cc1. The van der Waals surface area contributed by atoms with Gasteiger partial charge in [0, 0.05) is 35.9 Å². The summed E-state index contributed by atoms with van der Waals surface area (Å²) >= 11 is 1.56. The zero-order valence-corrected chi connectivity index (χ0v) is 18.4. The highest BCUT2D eigenvalue weighted by molar-refractivity contribution is 7.98. The molecule has 1 heterocycles. The third kappa shape index (κ3) is 5.01. The Bertz CT molecular complexity index is 1080. The van der Waals surface area contributed by atoms with Crippen LogP contribution in [0.3, 0.4) is 0 Å². The maximum Gasteiger partial charge on any atom is 0.264 e. The number of aromatic nitrogens is 1. The van der Waals surface area contributed by atoms with Crippen molar-refractivity contribution in [3.05, 3.63) is 84.2 Å². The Labute approximate surface area is 181 Å². The quantitative estimate of drug-likeness (QED) is 0.536. The summed E-state index contributed by atoms with van der Waals surface area (Å²) in [6, 6.07) is 17.1. The minimum absolute atomic E-state index is 0.232. The highest BCUT2D eigenvalue weighted by atomic mass is 32.2. The summed E-state index contributed by atoms with van der Waals surface area (Å²) in [5.74, 6) is -0.232. The summed E-state index contributed by atoms with van der Waals surface area (Å²) in [6.07, 6.45) is 5.31. The molecule has 0 unspecified atom stereocenters. The van der Waals surface area contributed by atoms with Gasteiger partial charge in [-0.05, 0) is 73.3 Å². The smallest absolute Gasteiger partial charge is 0.264 e. The number of hydrogen-bond donors (Lipinski definition) is 1. The highest BCUT2D eigenvalue weighted by Crippen LogP contribution is 2.25. The van der Waals surface area contributed by atoms with Crippen LogP contribution in [0.15, 0.2) is 82.8 Å². The minimum Gasteiger partial charge on any atom is -0.348 e. The number of amides is 1. The molecule has 0 fully saturated rings. The van der Waals surface area contributed by atoms with Crippen molar-refractivity contribution in [3.8, 4) is 0 Å². The molecule has 0 aliphatic heterocycles. The molecule has 1 amide bonds. The number of anilines is 1. The van der Waals surface area contributed by atoms with E-state index in [4.69, 9.17) is 0 Å². The van der Waals surface area contributed by atoms with Crippen LogP contribution in [0.1, 0.15) is 22.8 Å². The number of benzene rings is 2. The van der Waals surface area contributed by atoms with Gasteiger partial charge in [-0.2, -0.15) is 0 Å². The first kappa shape index (κ1) is 21.9. The molecule has 0 spiro atoms. The van der Waals surface area contributed by atoms with Crippen molar-refractivity contribution in [1.82, 2.24) is 10.3 Å². The van der Waals surface area contributed by atoms with Gasteiger partial charge in [-0.25, -0.2) is 8.42 Å². The fourth-order valence-corrected chi connectivity index (χ4v) is 4.81. The van der Waals surface area contributed by atoms with Crippen LogP contribution in [0.2, 0.25) is 0 Å². The Morgan fingerprint density at radius 3 is 2.33 bits per heavy atom. The molecule has 3 rings (SSSR count). The Kier molecular flexibility index (Phi) is 7.12. The number of hydrogen-bond acceptors (Lipinski definition) is 5. The molecule has 0 aliphatic carbocycles. The van der Waals surface area contributed by atoms with E-state index in [2.05, 4.69) is 10.3 Å². The first-order valence-corrected chi connectivity index (χ1v) is 12.1. The van der Waals surface area contributed by atoms with Gasteiger partial charge in [-0.3, -0.25) is 14.1 Å². The van der Waals surface area contributed by atoms with Crippen LogP contribution in [-0.4, -0.2) is 32.1 Å². The second kappa shape index (κ2) is 9.77. The molecule has 0 atom stereocenters. The zero-order valence-electron chi connectivity index (χ0n) is 16.8. The van der Waals surface area contributed by atoms with E-state index in [0.717, 1.165) is 10.5 Å². The maximum atomic E-state index is 13.1. The van der Waals surface area contributed by atoms with E-state index >= 15 is 0 Å². The summed E-state index contributed by atoms with van der Waals surface area (Å²) in [6.45, 7) is 2.43. The number of carbonyl (C=O) groups is 1. The lowest BCUT2D eigenvalue weighted by Gasteiger charge is -2.23. The fourth-order valence-electron chi connectivity index (χ4n) is 2.93. The van der Waals surface area contributed by atoms with Gasteiger partial charge in [0.1, 0.15) is 0 Å². The van der Waals surface area contributed by atoms with E-state index in [1.54, 1.807) is 79.6 Å². The second-order valence-electron chi connectivity index (χ2n) is 6.44. The molecule has 6 nitrogen and oxygen atoms in total. The van der Waals surface area contributed by atoms with Crippen LogP contribution in [-0.2, 0) is 16.6 Å². The van der Waals surface area contributed by atoms with Gasteiger partial charge in [-0.15, -0.1) is 11.8 Å². The average molecular weight is 442 g/mol. The molecule has 0 saturated heterocycles. The van der Waals surface area contributed by atoms with E-state index < -0.39 is 10.0 Å². The summed E-state index contributed by atoms with van der Waals surface area (Å²) in [4.78, 5) is 17.6. The van der Waals surface area contributed by atoms with Gasteiger partial charge in [-0.1, -0.05) is 6.07 Å². The topological polar surface area (TPSA) is 79.4 Å². The van der Waals surface area contributed by atoms with Gasteiger partial charge >= 0.3 is 0 Å². The number of sulfonamides is 1. The van der Waals surface area contributed by atoms with Crippen molar-refractivity contribution in [2.45, 2.75) is 23.3 Å². The molecule has 0 radical (unpaired) electrons. The molecular formula is C22H23N3O3S2. The Morgan fingerprint density at radius 1 is 1.07 bits per heavy atom. The van der Waals surface area contributed by atoms with Crippen LogP contribution < -0.4 is 9.62 Å². The highest BCUT2D eigenvalue weighted by Gasteiger charge is 2.23. The molecule has 30 heavy (non-hydrogen) atoms. The van der Waals surface area contributed by atoms with Gasteiger partial charge in [0.25, 0.3) is 15.9 Å². The van der Waals surface area contributed by atoms with Crippen molar-refractivity contribution >= 4 is 33.4 Å². The van der Waals surface area contributed by atoms with Crippen molar-refractivity contribution < 1.29 is 13.2 Å². The first-order chi connectivity index (χ1) is 14.5. The number of thioether (sulfide) groups is 1. The second-order valence-corrected chi connectivity index (χ2v) is 9.18. The molecule has 2 aromatic carbocycles. The lowest BCUT2D eigenvalue weighted by Crippen LogP contribution is -2.31. The number of pyridine rings is 1. The third-order valence-corrected chi connectivity index (χ3v) is 7.19. The average Bonchev–Trinajstić information content (AvgIpc) is 2.79. The van der Waals surface area contributed by atoms with E-state index in [1.807, 2.05) is 18.4 Å². The number of rotatable bonds is 8. The summed E-state index contributed by atoms with van der Waals surface area (Å²) in [5, 5.41) is 2.83. The molecule has 1 N–H and O–H groups in total. The molecule has 8 heteroatoms. The summed E-state index contributed by atoms with van der Waals surface area (Å²) in [7, 11) is -3.69. The predicted molar refractivity (Wildman–Crippen MR) is 120 cm³/mol. The van der Waals surface area contributed by atoms with Crippen LogP contribution in [0.4, 0.5) is 5.69 Å². The van der Waals surface area contributed by atoms with E-state index in [1.165, 1.54) is 4.31 Å². The monoisotopic (exact) mass is 441 g/mol. The molecule has 3 aromatic rings. The molecule has 1 aromatic heterocycles. The van der Waals surface area contributed by atoms with Crippen LogP contribution >= 0.6 is 11.8 Å². The van der Waals surface area contributed by atoms with Gasteiger partial charge in [0.2, 0.25) is 0 Å². The van der Waals surface area contributed by atoms with Crippen LogP contribution in [0.5, 0.6) is 0 Å². The minimum atomic E-state index is -3.69. The number of nitrogens with one attached hydrogen (secondary N) is 1. The largest absolute Gasteiger partial charge is 0.348 e. The van der Waals surface area contributed by atoms with Crippen molar-refractivity contribution in [3.63, 3.8) is 0 Å². The Balaban J connectivity index is 1.74. The lowest BCUT2D eigenvalue weighted by atomic mass is 10.2. The molecule has 0 aliphatic rings. The lowest BCUT2D eigenvalue weighted by molar-refractivity contribution is 0.0951. The van der Waals surface area contributed by atoms with Gasteiger partial charge in [0.15, 0.2) is 0 Å². The standard InChI is InChI=1S/C22H23N3O3S2/c1-3-25(30(27,28)21-12-10-20(29-2)11-13-21)19-8-6-18(7-9-19)22(26)24-16-17-5-4-14-23-15-17/h4-15H,3,16H2,1-2H3,(H,24,26). The maximum absolute atomic E-state index is 13.1. The predicted octanol–water partition coefficient (Wildman–Crippen LogP) is 3.95. The summed E-state index contributed by atoms with van der Waals surface area (Å²) in [5.41, 5.74) is 1.87. The molecular weight excluding hydrogens is 418 g/mol. The normalized spacial score (nSPS) is 11.1. The Morgan fingerprint density at radius 2 is 1.77 bits per heavy atom. The van der Waals surface area contributed by atoms with Crippen LogP contribution in [0.25, 0.3) is 0 Å². The third-order valence-electron chi connectivity index (χ3n) is 4.53.